The number of rotatable bonds is 12. The number of aliphatic hydroxyl groups excluding tert-OH is 1. The van der Waals surface area contributed by atoms with Gasteiger partial charge < -0.3 is 24.1 Å². The van der Waals surface area contributed by atoms with Crippen molar-refractivity contribution in [2.45, 2.75) is 56.6 Å². The molecule has 10 heteroatoms. The molecule has 286 valence electrons. The van der Waals surface area contributed by atoms with E-state index in [9.17, 15) is 14.7 Å². The standard InChI is InChI=1S/C46H44N2O7S/c1-29-38(25-42(56-29)30-11-6-4-7-12-30)36-15-10-16-37(36)39-27-48(45(51)47-44(39)50)43-26-40(49)41(55-43)28-54-46(31-13-8-5-9-14-31,32-17-21-34(52-2)22-18-32)33-19-23-35(53-3)24-20-33/h4-9,11-14,17-25,27,40-41,43,49H,10,15-16,26,28H2,1-3H3,(H,47,50,51)/t40?,41-,43-/m1/s1. The van der Waals surface area contributed by atoms with Gasteiger partial charge in [0.15, 0.2) is 0 Å². The summed E-state index contributed by atoms with van der Waals surface area (Å²) in [6, 6.07) is 37.9. The van der Waals surface area contributed by atoms with Crippen LogP contribution in [0.5, 0.6) is 11.5 Å². The lowest BCUT2D eigenvalue weighted by atomic mass is 9.80. The minimum atomic E-state index is -1.12. The number of hydrogen-bond acceptors (Lipinski definition) is 8. The van der Waals surface area contributed by atoms with Gasteiger partial charge in [0, 0.05) is 22.4 Å². The third-order valence-corrected chi connectivity index (χ3v) is 12.1. The molecule has 8 rings (SSSR count). The highest BCUT2D eigenvalue weighted by Crippen LogP contribution is 2.45. The number of hydrogen-bond donors (Lipinski definition) is 2. The molecule has 2 aliphatic rings. The monoisotopic (exact) mass is 768 g/mol. The van der Waals surface area contributed by atoms with E-state index in [0.29, 0.717) is 17.1 Å². The molecule has 1 aliphatic heterocycles. The summed E-state index contributed by atoms with van der Waals surface area (Å²) in [7, 11) is 3.25. The molecule has 0 saturated carbocycles. The molecule has 0 radical (unpaired) electrons. The first-order valence-electron chi connectivity index (χ1n) is 18.8. The first kappa shape index (κ1) is 37.4. The lowest BCUT2D eigenvalue weighted by molar-refractivity contribution is -0.0944. The van der Waals surface area contributed by atoms with Gasteiger partial charge in [-0.05, 0) is 95.5 Å². The zero-order valence-corrected chi connectivity index (χ0v) is 32.4. The topological polar surface area (TPSA) is 112 Å². The van der Waals surface area contributed by atoms with E-state index in [4.69, 9.17) is 18.9 Å². The summed E-state index contributed by atoms with van der Waals surface area (Å²) in [5.41, 5.74) is 5.23. The average molecular weight is 769 g/mol. The van der Waals surface area contributed by atoms with E-state index in [1.165, 1.54) is 14.3 Å². The smallest absolute Gasteiger partial charge is 0.330 e. The summed E-state index contributed by atoms with van der Waals surface area (Å²) in [4.78, 5) is 31.8. The summed E-state index contributed by atoms with van der Waals surface area (Å²) < 4.78 is 25.9. The Hall–Kier alpha value is -5.52. The molecular weight excluding hydrogens is 725 g/mol. The van der Waals surface area contributed by atoms with Crippen LogP contribution in [0.1, 0.15) is 64.6 Å². The lowest BCUT2D eigenvalue weighted by Crippen LogP contribution is -2.38. The van der Waals surface area contributed by atoms with Crippen molar-refractivity contribution in [2.24, 2.45) is 0 Å². The van der Waals surface area contributed by atoms with Crippen molar-refractivity contribution in [3.63, 3.8) is 0 Å². The molecule has 0 spiro atoms. The second-order valence-corrected chi connectivity index (χ2v) is 15.5. The summed E-state index contributed by atoms with van der Waals surface area (Å²) >= 11 is 1.74. The van der Waals surface area contributed by atoms with Crippen LogP contribution in [0.3, 0.4) is 0 Å². The van der Waals surface area contributed by atoms with Crippen molar-refractivity contribution in [3.05, 3.63) is 175 Å². The highest BCUT2D eigenvalue weighted by Gasteiger charge is 2.42. The summed E-state index contributed by atoms with van der Waals surface area (Å²) in [5, 5.41) is 11.5. The second kappa shape index (κ2) is 15.9. The Morgan fingerprint density at radius 1 is 0.804 bits per heavy atom. The van der Waals surface area contributed by atoms with Gasteiger partial charge in [-0.15, -0.1) is 11.3 Å². The van der Waals surface area contributed by atoms with Crippen molar-refractivity contribution in [1.82, 2.24) is 9.55 Å². The van der Waals surface area contributed by atoms with Gasteiger partial charge in [0.1, 0.15) is 29.4 Å². The number of H-pyrrole nitrogens is 1. The number of allylic oxidation sites excluding steroid dienone is 2. The second-order valence-electron chi connectivity index (χ2n) is 14.2. The Morgan fingerprint density at radius 2 is 1.38 bits per heavy atom. The Labute approximate surface area is 329 Å². The number of ether oxygens (including phenoxy) is 4. The van der Waals surface area contributed by atoms with Crippen LogP contribution < -0.4 is 20.7 Å². The van der Waals surface area contributed by atoms with Gasteiger partial charge in [-0.3, -0.25) is 14.3 Å². The minimum absolute atomic E-state index is 0.00788. The average Bonchev–Trinajstić information content (AvgIpc) is 3.97. The number of thiophene rings is 1. The van der Waals surface area contributed by atoms with Crippen LogP contribution in [-0.2, 0) is 15.1 Å². The quantitative estimate of drug-likeness (QED) is 0.121. The lowest BCUT2D eigenvalue weighted by Gasteiger charge is -2.37. The molecule has 1 fully saturated rings. The van der Waals surface area contributed by atoms with Crippen molar-refractivity contribution in [1.29, 1.82) is 0 Å². The Bertz CT molecular complexity index is 2410. The third kappa shape index (κ3) is 7.05. The zero-order valence-electron chi connectivity index (χ0n) is 31.6. The molecule has 0 bridgehead atoms. The van der Waals surface area contributed by atoms with Gasteiger partial charge in [0.25, 0.3) is 5.56 Å². The van der Waals surface area contributed by atoms with Crippen molar-refractivity contribution in [3.8, 4) is 21.9 Å². The van der Waals surface area contributed by atoms with E-state index in [1.807, 2.05) is 97.1 Å². The predicted molar refractivity (Wildman–Crippen MR) is 219 cm³/mol. The van der Waals surface area contributed by atoms with E-state index >= 15 is 0 Å². The molecule has 6 aromatic rings. The summed E-state index contributed by atoms with van der Waals surface area (Å²) in [6.07, 6.45) is 1.65. The van der Waals surface area contributed by atoms with Crippen LogP contribution in [0, 0.1) is 6.92 Å². The Morgan fingerprint density at radius 3 is 1.98 bits per heavy atom. The fraction of sp³-hybridized carbons (Fsp3) is 0.261. The van der Waals surface area contributed by atoms with E-state index < -0.39 is 35.3 Å². The van der Waals surface area contributed by atoms with Gasteiger partial charge in [-0.25, -0.2) is 4.79 Å². The molecule has 9 nitrogen and oxygen atoms in total. The molecule has 56 heavy (non-hydrogen) atoms. The number of aliphatic hydroxyl groups is 1. The van der Waals surface area contributed by atoms with Gasteiger partial charge >= 0.3 is 5.69 Å². The summed E-state index contributed by atoms with van der Waals surface area (Å²) in [6.45, 7) is 2.11. The maximum absolute atomic E-state index is 13.5. The van der Waals surface area contributed by atoms with E-state index in [1.54, 1.807) is 31.8 Å². The summed E-state index contributed by atoms with van der Waals surface area (Å²) in [5.74, 6) is 1.41. The number of aromatic amines is 1. The van der Waals surface area contributed by atoms with Crippen LogP contribution in [0.4, 0.5) is 0 Å². The number of aromatic nitrogens is 2. The molecule has 1 saturated heterocycles. The Balaban J connectivity index is 1.11. The van der Waals surface area contributed by atoms with Crippen molar-refractivity contribution in [2.75, 3.05) is 20.8 Å². The molecule has 4 aromatic carbocycles. The molecule has 3 heterocycles. The number of nitrogens with one attached hydrogen (secondary N) is 1. The maximum Gasteiger partial charge on any atom is 0.330 e. The molecule has 3 atom stereocenters. The van der Waals surface area contributed by atoms with Crippen LogP contribution in [0.25, 0.3) is 21.6 Å². The SMILES string of the molecule is COc1ccc(C(OC[C@H]2O[C@@H](n3cc(C4=C(c5cc(-c6ccccc6)sc5C)CCC4)c(=O)[nH]c3=O)CC2O)(c2ccccc2)c2ccc(OC)cc2)cc1. The van der Waals surface area contributed by atoms with Crippen LogP contribution in [-0.4, -0.2) is 47.7 Å². The molecule has 2 N–H and O–H groups in total. The number of aryl methyl sites for hydroxylation is 1. The zero-order chi connectivity index (χ0) is 38.8. The Kier molecular flexibility index (Phi) is 10.6. The van der Waals surface area contributed by atoms with Gasteiger partial charge in [-0.2, -0.15) is 0 Å². The van der Waals surface area contributed by atoms with E-state index in [2.05, 4.69) is 30.1 Å². The third-order valence-electron chi connectivity index (χ3n) is 11.0. The van der Waals surface area contributed by atoms with Crippen molar-refractivity contribution >= 4 is 22.5 Å². The molecule has 2 aromatic heterocycles. The van der Waals surface area contributed by atoms with Gasteiger partial charge in [-0.1, -0.05) is 84.9 Å². The van der Waals surface area contributed by atoms with E-state index in [-0.39, 0.29) is 13.0 Å². The highest BCUT2D eigenvalue weighted by molar-refractivity contribution is 7.15. The minimum Gasteiger partial charge on any atom is -0.497 e. The largest absolute Gasteiger partial charge is 0.497 e. The number of nitrogens with zero attached hydrogens (tertiary/aromatic N) is 1. The maximum atomic E-state index is 13.5. The predicted octanol–water partition coefficient (Wildman–Crippen LogP) is 8.34. The van der Waals surface area contributed by atoms with Crippen LogP contribution in [0.15, 0.2) is 131 Å². The van der Waals surface area contributed by atoms with Gasteiger partial charge in [0.05, 0.1) is 32.5 Å². The van der Waals surface area contributed by atoms with Crippen LogP contribution in [0.2, 0.25) is 0 Å². The molecule has 1 aliphatic carbocycles. The molecule has 0 amide bonds. The number of methoxy groups -OCH3 is 2. The van der Waals surface area contributed by atoms with Crippen LogP contribution >= 0.6 is 11.3 Å². The normalized spacial score (nSPS) is 18.4. The molecule has 1 unspecified atom stereocenters. The highest BCUT2D eigenvalue weighted by atomic mass is 32.1. The fourth-order valence-electron chi connectivity index (χ4n) is 8.10. The van der Waals surface area contributed by atoms with Crippen molar-refractivity contribution < 1.29 is 24.1 Å². The fourth-order valence-corrected chi connectivity index (χ4v) is 9.15. The molecular formula is C46H44N2O7S. The van der Waals surface area contributed by atoms with Gasteiger partial charge in [0.2, 0.25) is 0 Å². The first-order valence-corrected chi connectivity index (χ1v) is 19.7. The number of benzene rings is 4. The van der Waals surface area contributed by atoms with E-state index in [0.717, 1.165) is 58.2 Å². The first-order chi connectivity index (χ1) is 27.3.